The Bertz CT molecular complexity index is 765. The van der Waals surface area contributed by atoms with E-state index in [0.717, 1.165) is 11.1 Å². The summed E-state index contributed by atoms with van der Waals surface area (Å²) >= 11 is 1.56. The molecule has 0 unspecified atom stereocenters. The van der Waals surface area contributed by atoms with Gasteiger partial charge < -0.3 is 9.15 Å². The summed E-state index contributed by atoms with van der Waals surface area (Å²) in [6.45, 7) is 1.95. The number of benzene rings is 1. The van der Waals surface area contributed by atoms with Crippen LogP contribution in [0.1, 0.15) is 17.9 Å². The van der Waals surface area contributed by atoms with Gasteiger partial charge in [0.25, 0.3) is 0 Å². The van der Waals surface area contributed by atoms with Crippen LogP contribution in [0, 0.1) is 6.92 Å². The number of hydrogen-bond donors (Lipinski definition) is 0. The Labute approximate surface area is 131 Å². The molecule has 112 valence electrons. The van der Waals surface area contributed by atoms with E-state index in [1.54, 1.807) is 17.4 Å². The van der Waals surface area contributed by atoms with E-state index in [2.05, 4.69) is 10.2 Å². The van der Waals surface area contributed by atoms with Crippen LogP contribution in [0.3, 0.4) is 0 Å². The van der Waals surface area contributed by atoms with Gasteiger partial charge in [-0.15, -0.1) is 10.2 Å². The van der Waals surface area contributed by atoms with E-state index >= 15 is 0 Å². The standard InChI is InChI=1S/C16H14N2O3S/c1-11-3-2-4-13(9-11)20-15(19)6-5-14-17-18-16(21-14)12-7-8-22-10-12/h2-4,7-10H,5-6H2,1H3. The first-order chi connectivity index (χ1) is 10.7. The SMILES string of the molecule is Cc1cccc(OC(=O)CCc2nnc(-c3ccsc3)o2)c1. The van der Waals surface area contributed by atoms with Crippen molar-refractivity contribution in [2.45, 2.75) is 19.8 Å². The molecule has 22 heavy (non-hydrogen) atoms. The number of thiophene rings is 1. The second-order valence-electron chi connectivity index (χ2n) is 4.80. The van der Waals surface area contributed by atoms with Gasteiger partial charge in [-0.1, -0.05) is 12.1 Å². The minimum atomic E-state index is -0.319. The molecule has 0 radical (unpaired) electrons. The molecule has 0 aliphatic carbocycles. The highest BCUT2D eigenvalue weighted by Crippen LogP contribution is 2.21. The van der Waals surface area contributed by atoms with Crippen molar-refractivity contribution in [2.75, 3.05) is 0 Å². The van der Waals surface area contributed by atoms with Crippen LogP contribution in [0.4, 0.5) is 0 Å². The zero-order valence-corrected chi connectivity index (χ0v) is 12.8. The highest BCUT2D eigenvalue weighted by Gasteiger charge is 2.12. The Balaban J connectivity index is 1.55. The van der Waals surface area contributed by atoms with Crippen LogP contribution in [0.25, 0.3) is 11.5 Å². The molecule has 1 aromatic carbocycles. The van der Waals surface area contributed by atoms with Crippen molar-refractivity contribution in [3.63, 3.8) is 0 Å². The fourth-order valence-electron chi connectivity index (χ4n) is 1.93. The summed E-state index contributed by atoms with van der Waals surface area (Å²) in [4.78, 5) is 11.8. The van der Waals surface area contributed by atoms with Crippen LogP contribution < -0.4 is 4.74 Å². The number of aryl methyl sites for hydroxylation is 2. The highest BCUT2D eigenvalue weighted by atomic mass is 32.1. The van der Waals surface area contributed by atoms with Crippen molar-refractivity contribution in [1.82, 2.24) is 10.2 Å². The lowest BCUT2D eigenvalue weighted by atomic mass is 10.2. The normalized spacial score (nSPS) is 10.6. The molecular weight excluding hydrogens is 300 g/mol. The third-order valence-corrected chi connectivity index (χ3v) is 3.68. The van der Waals surface area contributed by atoms with Crippen molar-refractivity contribution in [1.29, 1.82) is 0 Å². The van der Waals surface area contributed by atoms with Gasteiger partial charge in [0.05, 0.1) is 6.42 Å². The molecular formula is C16H14N2O3S. The summed E-state index contributed by atoms with van der Waals surface area (Å²) in [6, 6.07) is 9.28. The summed E-state index contributed by atoms with van der Waals surface area (Å²) in [5.41, 5.74) is 1.94. The topological polar surface area (TPSA) is 65.2 Å². The third kappa shape index (κ3) is 3.59. The average Bonchev–Trinajstić information content (AvgIpc) is 3.16. The molecule has 0 fully saturated rings. The van der Waals surface area contributed by atoms with E-state index in [0.29, 0.717) is 24.0 Å². The Hall–Kier alpha value is -2.47. The molecule has 0 atom stereocenters. The smallest absolute Gasteiger partial charge is 0.311 e. The maximum atomic E-state index is 11.8. The predicted molar refractivity (Wildman–Crippen MR) is 82.7 cm³/mol. The number of ether oxygens (including phenoxy) is 1. The second kappa shape index (κ2) is 6.53. The summed E-state index contributed by atoms with van der Waals surface area (Å²) in [5, 5.41) is 11.8. The Kier molecular flexibility index (Phi) is 4.29. The lowest BCUT2D eigenvalue weighted by Crippen LogP contribution is -2.09. The van der Waals surface area contributed by atoms with Gasteiger partial charge in [0, 0.05) is 17.4 Å². The summed E-state index contributed by atoms with van der Waals surface area (Å²) in [7, 11) is 0. The van der Waals surface area contributed by atoms with Crippen LogP contribution in [-0.2, 0) is 11.2 Å². The van der Waals surface area contributed by atoms with E-state index in [-0.39, 0.29) is 12.4 Å². The molecule has 0 saturated heterocycles. The molecule has 3 rings (SSSR count). The van der Waals surface area contributed by atoms with Crippen molar-refractivity contribution >= 4 is 17.3 Å². The first-order valence-corrected chi connectivity index (χ1v) is 7.77. The Morgan fingerprint density at radius 3 is 3.00 bits per heavy atom. The minimum absolute atomic E-state index is 0.194. The fourth-order valence-corrected chi connectivity index (χ4v) is 2.56. The maximum absolute atomic E-state index is 11.8. The molecule has 0 saturated carbocycles. The van der Waals surface area contributed by atoms with Crippen LogP contribution in [-0.4, -0.2) is 16.2 Å². The van der Waals surface area contributed by atoms with Gasteiger partial charge in [-0.25, -0.2) is 0 Å². The number of aromatic nitrogens is 2. The second-order valence-corrected chi connectivity index (χ2v) is 5.58. The van der Waals surface area contributed by atoms with Gasteiger partial charge in [-0.05, 0) is 36.1 Å². The van der Waals surface area contributed by atoms with E-state index < -0.39 is 0 Å². The third-order valence-electron chi connectivity index (χ3n) is 3.00. The van der Waals surface area contributed by atoms with Crippen LogP contribution in [0.2, 0.25) is 0 Å². The van der Waals surface area contributed by atoms with E-state index in [1.807, 2.05) is 41.9 Å². The van der Waals surface area contributed by atoms with Gasteiger partial charge in [0.2, 0.25) is 11.8 Å². The summed E-state index contributed by atoms with van der Waals surface area (Å²) < 4.78 is 10.8. The fraction of sp³-hybridized carbons (Fsp3) is 0.188. The van der Waals surface area contributed by atoms with Crippen LogP contribution in [0.15, 0.2) is 45.5 Å². The number of rotatable bonds is 5. The van der Waals surface area contributed by atoms with E-state index in [4.69, 9.17) is 9.15 Å². The molecule has 0 aliphatic heterocycles. The molecule has 2 heterocycles. The minimum Gasteiger partial charge on any atom is -0.427 e. The van der Waals surface area contributed by atoms with Crippen molar-refractivity contribution < 1.29 is 13.9 Å². The molecule has 0 amide bonds. The van der Waals surface area contributed by atoms with E-state index in [9.17, 15) is 4.79 Å². The lowest BCUT2D eigenvalue weighted by Gasteiger charge is -2.03. The zero-order valence-electron chi connectivity index (χ0n) is 12.0. The molecule has 0 spiro atoms. The van der Waals surface area contributed by atoms with Gasteiger partial charge in [-0.2, -0.15) is 11.3 Å². The molecule has 6 heteroatoms. The first-order valence-electron chi connectivity index (χ1n) is 6.83. The number of carbonyl (C=O) groups is 1. The highest BCUT2D eigenvalue weighted by molar-refractivity contribution is 7.08. The van der Waals surface area contributed by atoms with Crippen LogP contribution in [0.5, 0.6) is 5.75 Å². The number of esters is 1. The molecule has 2 aromatic heterocycles. The van der Waals surface area contributed by atoms with Gasteiger partial charge >= 0.3 is 5.97 Å². The molecule has 0 bridgehead atoms. The van der Waals surface area contributed by atoms with Crippen molar-refractivity contribution in [2.24, 2.45) is 0 Å². The molecule has 3 aromatic rings. The predicted octanol–water partition coefficient (Wildman–Crippen LogP) is 3.64. The molecule has 5 nitrogen and oxygen atoms in total. The lowest BCUT2D eigenvalue weighted by molar-refractivity contribution is -0.134. The van der Waals surface area contributed by atoms with Crippen LogP contribution >= 0.6 is 11.3 Å². The van der Waals surface area contributed by atoms with Gasteiger partial charge in [-0.3, -0.25) is 4.79 Å². The Morgan fingerprint density at radius 1 is 1.32 bits per heavy atom. The van der Waals surface area contributed by atoms with Gasteiger partial charge in [0.1, 0.15) is 5.75 Å². The number of hydrogen-bond acceptors (Lipinski definition) is 6. The summed E-state index contributed by atoms with van der Waals surface area (Å²) in [6.07, 6.45) is 0.557. The van der Waals surface area contributed by atoms with E-state index in [1.165, 1.54) is 0 Å². The monoisotopic (exact) mass is 314 g/mol. The zero-order chi connectivity index (χ0) is 15.4. The Morgan fingerprint density at radius 2 is 2.23 bits per heavy atom. The number of nitrogens with zero attached hydrogens (tertiary/aromatic N) is 2. The molecule has 0 aliphatic rings. The van der Waals surface area contributed by atoms with Crippen molar-refractivity contribution in [3.8, 4) is 17.2 Å². The number of carbonyl (C=O) groups excluding carboxylic acids is 1. The first kappa shape index (κ1) is 14.5. The maximum Gasteiger partial charge on any atom is 0.311 e. The van der Waals surface area contributed by atoms with Crippen molar-refractivity contribution in [3.05, 3.63) is 52.5 Å². The van der Waals surface area contributed by atoms with Gasteiger partial charge in [0.15, 0.2) is 0 Å². The largest absolute Gasteiger partial charge is 0.427 e. The quantitative estimate of drug-likeness (QED) is 0.531. The summed E-state index contributed by atoms with van der Waals surface area (Å²) in [5.74, 6) is 1.14. The average molecular weight is 314 g/mol. The molecule has 0 N–H and O–H groups in total.